The van der Waals surface area contributed by atoms with Gasteiger partial charge in [-0.15, -0.1) is 0 Å². The average molecular weight is 356 g/mol. The van der Waals surface area contributed by atoms with Crippen molar-refractivity contribution in [3.05, 3.63) is 65.7 Å². The lowest BCUT2D eigenvalue weighted by Gasteiger charge is -2.42. The van der Waals surface area contributed by atoms with Crippen molar-refractivity contribution >= 4 is 9.84 Å². The summed E-state index contributed by atoms with van der Waals surface area (Å²) in [5.74, 6) is -0.241. The van der Waals surface area contributed by atoms with Crippen molar-refractivity contribution in [2.45, 2.75) is 49.0 Å². The van der Waals surface area contributed by atoms with Gasteiger partial charge < -0.3 is 5.11 Å². The van der Waals surface area contributed by atoms with E-state index < -0.39 is 21.4 Å². The van der Waals surface area contributed by atoms with Crippen LogP contribution in [0.15, 0.2) is 59.5 Å². The molecule has 1 heterocycles. The minimum absolute atomic E-state index is 0.0571. The fourth-order valence-corrected chi connectivity index (χ4v) is 7.02. The van der Waals surface area contributed by atoms with Crippen molar-refractivity contribution < 1.29 is 13.5 Å². The van der Waals surface area contributed by atoms with Crippen LogP contribution in [0.5, 0.6) is 0 Å². The quantitative estimate of drug-likeness (QED) is 0.843. The molecule has 1 fully saturated rings. The summed E-state index contributed by atoms with van der Waals surface area (Å²) in [5.41, 5.74) is 1.18. The molecule has 3 nitrogen and oxygen atoms in total. The normalized spacial score (nSPS) is 27.4. The Balaban J connectivity index is 1.96. The lowest BCUT2D eigenvalue weighted by atomic mass is 9.66. The van der Waals surface area contributed by atoms with Crippen molar-refractivity contribution in [2.75, 3.05) is 5.75 Å². The maximum Gasteiger partial charge on any atom is 0.179 e. The summed E-state index contributed by atoms with van der Waals surface area (Å²) in [7, 11) is -3.42. The number of sulfone groups is 1. The van der Waals surface area contributed by atoms with Crippen LogP contribution in [-0.4, -0.2) is 25.4 Å². The molecule has 1 aliphatic heterocycles. The Labute approximate surface area is 149 Å². The minimum atomic E-state index is -3.42. The molecule has 0 saturated heterocycles. The molecule has 4 heteroatoms. The predicted octanol–water partition coefficient (Wildman–Crippen LogP) is 3.92. The molecule has 2 aromatic carbocycles. The summed E-state index contributed by atoms with van der Waals surface area (Å²) in [6.07, 6.45) is 3.98. The van der Waals surface area contributed by atoms with Gasteiger partial charge >= 0.3 is 0 Å². The summed E-state index contributed by atoms with van der Waals surface area (Å²) >= 11 is 0. The van der Waals surface area contributed by atoms with Crippen LogP contribution in [0.2, 0.25) is 0 Å². The van der Waals surface area contributed by atoms with E-state index in [4.69, 9.17) is 0 Å². The van der Waals surface area contributed by atoms with Crippen LogP contribution in [-0.2, 0) is 9.84 Å². The molecule has 0 bridgehead atoms. The highest BCUT2D eigenvalue weighted by Gasteiger charge is 2.50. The highest BCUT2D eigenvalue weighted by atomic mass is 32.2. The van der Waals surface area contributed by atoms with Crippen LogP contribution in [0, 0.1) is 5.41 Å². The third-order valence-corrected chi connectivity index (χ3v) is 8.01. The number of aliphatic hydroxyl groups is 1. The van der Waals surface area contributed by atoms with Gasteiger partial charge in [0.05, 0.1) is 16.8 Å². The maximum absolute atomic E-state index is 13.2. The first-order chi connectivity index (χ1) is 12.0. The van der Waals surface area contributed by atoms with E-state index in [1.165, 1.54) is 0 Å². The molecule has 2 aromatic rings. The Hall–Kier alpha value is -1.65. The van der Waals surface area contributed by atoms with Crippen molar-refractivity contribution in [1.82, 2.24) is 0 Å². The largest absolute Gasteiger partial charge is 0.392 e. The van der Waals surface area contributed by atoms with Crippen LogP contribution < -0.4 is 0 Å². The van der Waals surface area contributed by atoms with Crippen LogP contribution in [0.4, 0.5) is 0 Å². The Bertz CT molecular complexity index is 852. The SMILES string of the molecule is O=S1(=O)CC2(CCCCC2)[C@H](O)[C@H](c2ccccc2)c2ccccc21. The van der Waals surface area contributed by atoms with Crippen molar-refractivity contribution in [3.8, 4) is 0 Å². The molecular formula is C21H24O3S. The molecule has 132 valence electrons. The number of hydrogen-bond donors (Lipinski definition) is 1. The molecule has 1 aliphatic carbocycles. The zero-order valence-electron chi connectivity index (χ0n) is 14.3. The fourth-order valence-electron chi connectivity index (χ4n) is 4.80. The standard InChI is InChI=1S/C21H24O3S/c22-20-19(16-9-3-1-4-10-16)17-11-5-6-12-18(17)25(23,24)15-21(20)13-7-2-8-14-21/h1,3-6,9-12,19-20,22H,2,7-8,13-15H2/t19-,20-/m1/s1. The van der Waals surface area contributed by atoms with Gasteiger partial charge in [0.15, 0.2) is 9.84 Å². The molecule has 0 aromatic heterocycles. The lowest BCUT2D eigenvalue weighted by molar-refractivity contribution is 0.00241. The average Bonchev–Trinajstić information content (AvgIpc) is 2.69. The van der Waals surface area contributed by atoms with E-state index in [2.05, 4.69) is 0 Å². The number of aliphatic hydroxyl groups excluding tert-OH is 1. The second-order valence-corrected chi connectivity index (χ2v) is 9.51. The summed E-state index contributed by atoms with van der Waals surface area (Å²) in [6.45, 7) is 0. The zero-order valence-corrected chi connectivity index (χ0v) is 15.1. The van der Waals surface area contributed by atoms with Gasteiger partial charge in [-0.1, -0.05) is 67.8 Å². The second kappa shape index (κ2) is 6.26. The molecule has 0 amide bonds. The molecule has 0 unspecified atom stereocenters. The summed E-state index contributed by atoms with van der Waals surface area (Å²) in [6, 6.07) is 17.1. The third kappa shape index (κ3) is 2.81. The number of hydrogen-bond acceptors (Lipinski definition) is 3. The van der Waals surface area contributed by atoms with E-state index in [-0.39, 0.29) is 11.7 Å². The summed E-state index contributed by atoms with van der Waals surface area (Å²) in [5, 5.41) is 11.5. The van der Waals surface area contributed by atoms with Gasteiger partial charge in [-0.25, -0.2) is 8.42 Å². The monoisotopic (exact) mass is 356 g/mol. The van der Waals surface area contributed by atoms with E-state index in [0.717, 1.165) is 43.2 Å². The molecule has 4 rings (SSSR count). The highest BCUT2D eigenvalue weighted by Crippen LogP contribution is 2.50. The first kappa shape index (κ1) is 16.8. The van der Waals surface area contributed by atoms with Crippen LogP contribution >= 0.6 is 0 Å². The smallest absolute Gasteiger partial charge is 0.179 e. The highest BCUT2D eigenvalue weighted by molar-refractivity contribution is 7.91. The molecule has 1 spiro atoms. The molecule has 2 atom stereocenters. The summed E-state index contributed by atoms with van der Waals surface area (Å²) in [4.78, 5) is 0.394. The van der Waals surface area contributed by atoms with Gasteiger partial charge in [0.2, 0.25) is 0 Å². The number of fused-ring (bicyclic) bond motifs is 1. The zero-order chi connectivity index (χ0) is 17.5. The van der Waals surface area contributed by atoms with Crippen molar-refractivity contribution in [3.63, 3.8) is 0 Å². The predicted molar refractivity (Wildman–Crippen MR) is 98.3 cm³/mol. The topological polar surface area (TPSA) is 54.4 Å². The van der Waals surface area contributed by atoms with Gasteiger partial charge in [-0.05, 0) is 30.0 Å². The van der Waals surface area contributed by atoms with E-state index >= 15 is 0 Å². The van der Waals surface area contributed by atoms with E-state index in [0.29, 0.717) is 4.90 Å². The van der Waals surface area contributed by atoms with Gasteiger partial charge in [-0.3, -0.25) is 0 Å². The Morgan fingerprint density at radius 1 is 0.880 bits per heavy atom. The van der Waals surface area contributed by atoms with E-state index in [1.807, 2.05) is 42.5 Å². The first-order valence-corrected chi connectivity index (χ1v) is 10.7. The molecular weight excluding hydrogens is 332 g/mol. The first-order valence-electron chi connectivity index (χ1n) is 9.08. The van der Waals surface area contributed by atoms with E-state index in [1.54, 1.807) is 12.1 Å². The van der Waals surface area contributed by atoms with Crippen LogP contribution in [0.3, 0.4) is 0 Å². The lowest BCUT2D eigenvalue weighted by Crippen LogP contribution is -2.44. The van der Waals surface area contributed by atoms with Gasteiger partial charge in [0, 0.05) is 11.3 Å². The van der Waals surface area contributed by atoms with E-state index in [9.17, 15) is 13.5 Å². The number of rotatable bonds is 1. The Morgan fingerprint density at radius 3 is 2.24 bits per heavy atom. The minimum Gasteiger partial charge on any atom is -0.392 e. The molecule has 1 saturated carbocycles. The Morgan fingerprint density at radius 2 is 1.52 bits per heavy atom. The third-order valence-electron chi connectivity index (χ3n) is 6.02. The van der Waals surface area contributed by atoms with Gasteiger partial charge in [0.25, 0.3) is 0 Å². The fraction of sp³-hybridized carbons (Fsp3) is 0.429. The van der Waals surface area contributed by atoms with Crippen molar-refractivity contribution in [2.24, 2.45) is 5.41 Å². The molecule has 2 aliphatic rings. The maximum atomic E-state index is 13.2. The van der Waals surface area contributed by atoms with Gasteiger partial charge in [0.1, 0.15) is 0 Å². The van der Waals surface area contributed by atoms with Gasteiger partial charge in [-0.2, -0.15) is 0 Å². The van der Waals surface area contributed by atoms with Crippen molar-refractivity contribution in [1.29, 1.82) is 0 Å². The van der Waals surface area contributed by atoms with Crippen LogP contribution in [0.25, 0.3) is 0 Å². The number of benzene rings is 2. The Kier molecular flexibility index (Phi) is 4.20. The van der Waals surface area contributed by atoms with Crippen LogP contribution in [0.1, 0.15) is 49.1 Å². The summed E-state index contributed by atoms with van der Waals surface area (Å²) < 4.78 is 26.4. The molecule has 25 heavy (non-hydrogen) atoms. The molecule has 0 radical (unpaired) electrons. The molecule has 1 N–H and O–H groups in total. The second-order valence-electron chi connectivity index (χ2n) is 7.55.